The molecule has 2 amide bonds. The van der Waals surface area contributed by atoms with Crippen LogP contribution in [0.3, 0.4) is 0 Å². The third-order valence-corrected chi connectivity index (χ3v) is 2.66. The number of morpholine rings is 1. The van der Waals surface area contributed by atoms with Gasteiger partial charge in [0.05, 0.1) is 18.9 Å². The molecule has 1 heterocycles. The zero-order valence-electron chi connectivity index (χ0n) is 9.70. The Morgan fingerprint density at radius 2 is 2.12 bits per heavy atom. The quantitative estimate of drug-likeness (QED) is 0.813. The van der Waals surface area contributed by atoms with E-state index in [1.807, 2.05) is 6.92 Å². The molecule has 0 atom stereocenters. The molecule has 4 nitrogen and oxygen atoms in total. The van der Waals surface area contributed by atoms with Crippen molar-refractivity contribution in [2.75, 3.05) is 31.6 Å². The molecule has 1 saturated heterocycles. The van der Waals surface area contributed by atoms with Crippen LogP contribution in [0.25, 0.3) is 0 Å². The van der Waals surface area contributed by atoms with E-state index in [0.717, 1.165) is 5.56 Å². The maximum absolute atomic E-state index is 13.4. The highest BCUT2D eigenvalue weighted by atomic mass is 19.1. The molecule has 1 aromatic carbocycles. The zero-order chi connectivity index (χ0) is 12.3. The van der Waals surface area contributed by atoms with Gasteiger partial charge in [-0.05, 0) is 24.6 Å². The lowest BCUT2D eigenvalue weighted by molar-refractivity contribution is 0.0564. The minimum atomic E-state index is -0.419. The van der Waals surface area contributed by atoms with E-state index in [0.29, 0.717) is 26.3 Å². The first-order valence-corrected chi connectivity index (χ1v) is 5.56. The zero-order valence-corrected chi connectivity index (χ0v) is 9.70. The molecule has 0 unspecified atom stereocenters. The molecule has 2 rings (SSSR count). The SMILES string of the molecule is Cc1ccc(F)c(NC(=O)N2CCOCC2)c1. The number of benzene rings is 1. The summed E-state index contributed by atoms with van der Waals surface area (Å²) in [4.78, 5) is 13.4. The summed E-state index contributed by atoms with van der Waals surface area (Å²) in [7, 11) is 0. The van der Waals surface area contributed by atoms with Crippen LogP contribution >= 0.6 is 0 Å². The summed E-state index contributed by atoms with van der Waals surface area (Å²) in [6, 6.07) is 4.36. The number of aryl methyl sites for hydroxylation is 1. The molecule has 1 aliphatic heterocycles. The maximum Gasteiger partial charge on any atom is 0.322 e. The third kappa shape index (κ3) is 2.94. The second-order valence-corrected chi connectivity index (χ2v) is 4.01. The van der Waals surface area contributed by atoms with Gasteiger partial charge in [0.2, 0.25) is 0 Å². The van der Waals surface area contributed by atoms with E-state index in [1.54, 1.807) is 17.0 Å². The largest absolute Gasteiger partial charge is 0.378 e. The number of carbonyl (C=O) groups excluding carboxylic acids is 1. The minimum Gasteiger partial charge on any atom is -0.378 e. The highest BCUT2D eigenvalue weighted by molar-refractivity contribution is 5.89. The van der Waals surface area contributed by atoms with E-state index in [4.69, 9.17) is 4.74 Å². The van der Waals surface area contributed by atoms with Gasteiger partial charge >= 0.3 is 6.03 Å². The second-order valence-electron chi connectivity index (χ2n) is 4.01. The van der Waals surface area contributed by atoms with Crippen LogP contribution < -0.4 is 5.32 Å². The van der Waals surface area contributed by atoms with Crippen molar-refractivity contribution in [2.24, 2.45) is 0 Å². The van der Waals surface area contributed by atoms with Gasteiger partial charge in [-0.15, -0.1) is 0 Å². The summed E-state index contributed by atoms with van der Waals surface area (Å²) in [5, 5.41) is 2.58. The summed E-state index contributed by atoms with van der Waals surface area (Å²) in [5.41, 5.74) is 1.13. The lowest BCUT2D eigenvalue weighted by Gasteiger charge is -2.27. The van der Waals surface area contributed by atoms with E-state index >= 15 is 0 Å². The van der Waals surface area contributed by atoms with Crippen molar-refractivity contribution < 1.29 is 13.9 Å². The van der Waals surface area contributed by atoms with E-state index < -0.39 is 5.82 Å². The lowest BCUT2D eigenvalue weighted by Crippen LogP contribution is -2.43. The van der Waals surface area contributed by atoms with E-state index in [-0.39, 0.29) is 11.7 Å². The van der Waals surface area contributed by atoms with Crippen molar-refractivity contribution in [3.63, 3.8) is 0 Å². The van der Waals surface area contributed by atoms with E-state index in [9.17, 15) is 9.18 Å². The molecule has 0 aliphatic carbocycles. The van der Waals surface area contributed by atoms with Crippen molar-refractivity contribution in [1.29, 1.82) is 0 Å². The fourth-order valence-corrected chi connectivity index (χ4v) is 1.70. The molecule has 1 aromatic rings. The van der Waals surface area contributed by atoms with Gasteiger partial charge in [-0.3, -0.25) is 0 Å². The monoisotopic (exact) mass is 238 g/mol. The van der Waals surface area contributed by atoms with Gasteiger partial charge in [-0.2, -0.15) is 0 Å². The van der Waals surface area contributed by atoms with E-state index in [2.05, 4.69) is 5.32 Å². The molecule has 0 spiro atoms. The summed E-state index contributed by atoms with van der Waals surface area (Å²) >= 11 is 0. The summed E-state index contributed by atoms with van der Waals surface area (Å²) in [6.07, 6.45) is 0. The summed E-state index contributed by atoms with van der Waals surface area (Å²) in [6.45, 7) is 4.00. The Morgan fingerprint density at radius 1 is 1.41 bits per heavy atom. The van der Waals surface area contributed by atoms with Crippen LogP contribution in [-0.4, -0.2) is 37.2 Å². The van der Waals surface area contributed by atoms with Crippen LogP contribution in [0.15, 0.2) is 18.2 Å². The number of anilines is 1. The van der Waals surface area contributed by atoms with Crippen molar-refractivity contribution >= 4 is 11.7 Å². The second kappa shape index (κ2) is 5.14. The van der Waals surface area contributed by atoms with Crippen LogP contribution in [0.2, 0.25) is 0 Å². The van der Waals surface area contributed by atoms with Gasteiger partial charge in [0.1, 0.15) is 5.82 Å². The molecule has 0 aromatic heterocycles. The fraction of sp³-hybridized carbons (Fsp3) is 0.417. The molecular weight excluding hydrogens is 223 g/mol. The van der Waals surface area contributed by atoms with Crippen LogP contribution in [0.5, 0.6) is 0 Å². The molecule has 1 fully saturated rings. The van der Waals surface area contributed by atoms with Crippen molar-refractivity contribution in [2.45, 2.75) is 6.92 Å². The smallest absolute Gasteiger partial charge is 0.322 e. The highest BCUT2D eigenvalue weighted by Gasteiger charge is 2.17. The Kier molecular flexibility index (Phi) is 3.58. The molecule has 17 heavy (non-hydrogen) atoms. The molecule has 92 valence electrons. The van der Waals surface area contributed by atoms with Crippen LogP contribution in [0, 0.1) is 12.7 Å². The molecule has 5 heteroatoms. The van der Waals surface area contributed by atoms with Crippen molar-refractivity contribution in [3.05, 3.63) is 29.6 Å². The number of amides is 2. The van der Waals surface area contributed by atoms with Gasteiger partial charge in [-0.25, -0.2) is 9.18 Å². The standard InChI is InChI=1S/C12H15FN2O2/c1-9-2-3-10(13)11(8-9)14-12(16)15-4-6-17-7-5-15/h2-3,8H,4-7H2,1H3,(H,14,16). The number of carbonyl (C=O) groups is 1. The number of halogens is 1. The van der Waals surface area contributed by atoms with Crippen molar-refractivity contribution in [3.8, 4) is 0 Å². The van der Waals surface area contributed by atoms with Crippen LogP contribution in [0.4, 0.5) is 14.9 Å². The van der Waals surface area contributed by atoms with Crippen LogP contribution in [0.1, 0.15) is 5.56 Å². The Labute approximate surface area is 99.4 Å². The minimum absolute atomic E-state index is 0.224. The summed E-state index contributed by atoms with van der Waals surface area (Å²) in [5.74, 6) is -0.419. The number of ether oxygens (including phenoxy) is 1. The van der Waals surface area contributed by atoms with Crippen LogP contribution in [-0.2, 0) is 4.74 Å². The lowest BCUT2D eigenvalue weighted by atomic mass is 10.2. The first-order valence-electron chi connectivity index (χ1n) is 5.56. The molecule has 0 bridgehead atoms. The normalized spacial score (nSPS) is 15.8. The average molecular weight is 238 g/mol. The van der Waals surface area contributed by atoms with Gasteiger partial charge in [0.15, 0.2) is 0 Å². The Balaban J connectivity index is 2.04. The highest BCUT2D eigenvalue weighted by Crippen LogP contribution is 2.16. The third-order valence-electron chi connectivity index (χ3n) is 2.66. The maximum atomic E-state index is 13.4. The number of urea groups is 1. The van der Waals surface area contributed by atoms with Crippen molar-refractivity contribution in [1.82, 2.24) is 4.90 Å². The molecule has 1 aliphatic rings. The Bertz CT molecular complexity index is 417. The number of rotatable bonds is 1. The summed E-state index contributed by atoms with van der Waals surface area (Å²) < 4.78 is 18.6. The molecular formula is C12H15FN2O2. The molecule has 0 saturated carbocycles. The predicted octanol–water partition coefficient (Wildman–Crippen LogP) is 2.00. The predicted molar refractivity (Wildman–Crippen MR) is 62.5 cm³/mol. The topological polar surface area (TPSA) is 41.6 Å². The average Bonchev–Trinajstić information content (AvgIpc) is 2.35. The van der Waals surface area contributed by atoms with Gasteiger partial charge in [0.25, 0.3) is 0 Å². The Hall–Kier alpha value is -1.62. The van der Waals surface area contributed by atoms with E-state index in [1.165, 1.54) is 6.07 Å². The fourth-order valence-electron chi connectivity index (χ4n) is 1.70. The first-order chi connectivity index (χ1) is 8.16. The number of hydrogen-bond acceptors (Lipinski definition) is 2. The Morgan fingerprint density at radius 3 is 2.82 bits per heavy atom. The number of nitrogens with zero attached hydrogens (tertiary/aromatic N) is 1. The molecule has 0 radical (unpaired) electrons. The van der Waals surface area contributed by atoms with Gasteiger partial charge in [0, 0.05) is 13.1 Å². The number of hydrogen-bond donors (Lipinski definition) is 1. The number of nitrogens with one attached hydrogen (secondary N) is 1. The van der Waals surface area contributed by atoms with Gasteiger partial charge < -0.3 is 15.0 Å². The molecule has 1 N–H and O–H groups in total. The van der Waals surface area contributed by atoms with Gasteiger partial charge in [-0.1, -0.05) is 6.07 Å². The first kappa shape index (κ1) is 11.9.